The number of carbonyl (C=O) groups excluding carboxylic acids is 3. The van der Waals surface area contributed by atoms with E-state index in [1.165, 1.54) is 178 Å². The van der Waals surface area contributed by atoms with Gasteiger partial charge in [-0.25, -0.2) is 0 Å². The first kappa shape index (κ1) is 85.4. The highest BCUT2D eigenvalue weighted by molar-refractivity contribution is 5.77. The van der Waals surface area contributed by atoms with Crippen LogP contribution < -0.4 is 31.9 Å². The third-order valence-corrected chi connectivity index (χ3v) is 24.0. The van der Waals surface area contributed by atoms with Gasteiger partial charge < -0.3 is 51.4 Å². The van der Waals surface area contributed by atoms with Gasteiger partial charge in [0.2, 0.25) is 11.8 Å². The monoisotopic (exact) mass is 1400 g/mol. The predicted octanol–water partition coefficient (Wildman–Crippen LogP) is 13.6. The largest absolute Gasteiger partial charge is 0.383 e. The summed E-state index contributed by atoms with van der Waals surface area (Å²) in [5, 5.41) is 20.4. The third-order valence-electron chi connectivity index (χ3n) is 24.0. The Kier molecular flexibility index (Phi) is 28.6. The van der Waals surface area contributed by atoms with Gasteiger partial charge in [-0.1, -0.05) is 40.2 Å². The van der Waals surface area contributed by atoms with Gasteiger partial charge in [-0.2, -0.15) is 0 Å². The summed E-state index contributed by atoms with van der Waals surface area (Å²) < 4.78 is 0. The molecule has 4 spiro atoms. The minimum atomic E-state index is 0.101. The third kappa shape index (κ3) is 25.4. The van der Waals surface area contributed by atoms with Gasteiger partial charge in [0.15, 0.2) is 0 Å². The van der Waals surface area contributed by atoms with Crippen molar-refractivity contribution in [3.8, 4) is 0 Å². The minimum absolute atomic E-state index is 0.101. The molecule has 5 saturated carbocycles. The highest BCUT2D eigenvalue weighted by Gasteiger charge is 2.67. The predicted molar refractivity (Wildman–Crippen MR) is 423 cm³/mol. The Morgan fingerprint density at radius 1 is 0.530 bits per heavy atom. The van der Waals surface area contributed by atoms with Gasteiger partial charge in [0, 0.05) is 221 Å². The molecule has 2 bridgehead atoms. The molecular formula is C84H157N13O3. The number of carbonyl (C=O) groups is 3. The molecule has 1 atom stereocenters. The van der Waals surface area contributed by atoms with Gasteiger partial charge in [-0.3, -0.25) is 29.2 Å². The number of Topliss-reactive ketones (excluding diaryl/α,β-unsaturated/α-hetero) is 1. The standard InChI is InChI=1S/2C13H24N2.C12H24N2O.C12H22N2.C12H21NO.C11H20N2O.C11H22N2/c1-10(2)15-8-13(9-15)6-11(7-13)14-12(3,4)5;1-11-5-6-13(14-11)7-9-15(10-8-13)12(2,3)4;1-10(15)13-11-6-5-8-14(9-7-11)12(2,3)4;1-10(2)13-6-12(7-13)8-14(9-12)11(3,4)5;1-9(2)13-8-12-5-11(6-12,7-12)4-10(3)14;1-8(2)13-6-11(7-13)4-10(5-11)12-9(3)14;1-9(2)13-7-10(8-13)6-12-11(3,4)5/h11,14H,1,6-9H2,2-5H3;14H,1,5-10H2,2-4H3;11H,5-9H2,1-4H3,(H,13,15);1,6-9H2,2-5H3;9,13H,4-8H2,1-3H3;8,10H,4-7H2,1-3H3,(H,12,14);10,12H,1,6-8H2,2-5H3. The molecule has 0 aromatic heterocycles. The Labute approximate surface area is 614 Å². The molecule has 1 unspecified atom stereocenters. The fourth-order valence-corrected chi connectivity index (χ4v) is 18.4. The maximum Gasteiger partial charge on any atom is 0.217 e. The van der Waals surface area contributed by atoms with E-state index in [9.17, 15) is 14.4 Å². The molecule has 0 aromatic rings. The number of ketones is 1. The van der Waals surface area contributed by atoms with E-state index in [0.717, 1.165) is 57.4 Å². The second-order valence-corrected chi connectivity index (χ2v) is 40.7. The van der Waals surface area contributed by atoms with Crippen LogP contribution in [0.25, 0.3) is 0 Å². The number of nitrogens with zero attached hydrogens (tertiary/aromatic N) is 7. The second kappa shape index (κ2) is 33.5. The van der Waals surface area contributed by atoms with E-state index in [0.29, 0.717) is 73.6 Å². The molecule has 0 radical (unpaired) electrons. The van der Waals surface area contributed by atoms with E-state index in [1.807, 2.05) is 0 Å². The molecule has 100 heavy (non-hydrogen) atoms. The van der Waals surface area contributed by atoms with Gasteiger partial charge in [-0.15, -0.1) is 0 Å². The van der Waals surface area contributed by atoms with E-state index in [2.05, 4.69) is 245 Å². The van der Waals surface area contributed by atoms with Crippen molar-refractivity contribution in [2.24, 2.45) is 33.0 Å². The molecule has 8 heterocycles. The smallest absolute Gasteiger partial charge is 0.217 e. The fraction of sp³-hybridized carbons (Fsp3) is 0.869. The average molecular weight is 1400 g/mol. The van der Waals surface area contributed by atoms with Crippen molar-refractivity contribution in [2.75, 3.05) is 105 Å². The van der Waals surface area contributed by atoms with Crippen LogP contribution >= 0.6 is 0 Å². The first-order valence-electron chi connectivity index (χ1n) is 39.7. The molecule has 16 heteroatoms. The van der Waals surface area contributed by atoms with Gasteiger partial charge >= 0.3 is 0 Å². The molecule has 576 valence electrons. The lowest BCUT2D eigenvalue weighted by Gasteiger charge is -2.71. The van der Waals surface area contributed by atoms with Crippen LogP contribution in [-0.2, 0) is 14.4 Å². The van der Waals surface area contributed by atoms with E-state index in [-0.39, 0.29) is 28.4 Å². The fourth-order valence-electron chi connectivity index (χ4n) is 18.4. The normalized spacial score (nSPS) is 27.2. The second-order valence-electron chi connectivity index (χ2n) is 40.7. The molecule has 13 rings (SSSR count). The van der Waals surface area contributed by atoms with E-state index < -0.39 is 0 Å². The van der Waals surface area contributed by atoms with Crippen molar-refractivity contribution < 1.29 is 14.4 Å². The molecule has 16 nitrogen and oxygen atoms in total. The van der Waals surface area contributed by atoms with Crippen LogP contribution in [0.4, 0.5) is 0 Å². The van der Waals surface area contributed by atoms with E-state index in [4.69, 9.17) is 0 Å². The summed E-state index contributed by atoms with van der Waals surface area (Å²) in [4.78, 5) is 50.1. The Balaban J connectivity index is 0.000000184. The van der Waals surface area contributed by atoms with Crippen LogP contribution in [-0.4, -0.2) is 220 Å². The van der Waals surface area contributed by atoms with Crippen LogP contribution in [0.15, 0.2) is 49.1 Å². The van der Waals surface area contributed by atoms with Gasteiger partial charge in [-0.05, 0) is 258 Å². The zero-order valence-electron chi connectivity index (χ0n) is 69.6. The minimum Gasteiger partial charge on any atom is -0.383 e. The Hall–Kier alpha value is -3.51. The van der Waals surface area contributed by atoms with Crippen LogP contribution in [0.1, 0.15) is 269 Å². The van der Waals surface area contributed by atoms with Gasteiger partial charge in [0.05, 0.1) is 0 Å². The van der Waals surface area contributed by atoms with E-state index in [1.54, 1.807) is 20.8 Å². The Morgan fingerprint density at radius 2 is 0.990 bits per heavy atom. The van der Waals surface area contributed by atoms with Crippen LogP contribution in [0.3, 0.4) is 0 Å². The summed E-state index contributed by atoms with van der Waals surface area (Å²) in [6, 6.07) is 2.86. The summed E-state index contributed by atoms with van der Waals surface area (Å²) in [5.41, 5.74) is 9.63. The number of rotatable bonds is 14. The first-order valence-corrected chi connectivity index (χ1v) is 39.7. The lowest BCUT2D eigenvalue weighted by molar-refractivity contribution is -0.204. The molecular weight excluding hydrogens is 1240 g/mol. The summed E-state index contributed by atoms with van der Waals surface area (Å²) >= 11 is 0. The highest BCUT2D eigenvalue weighted by atomic mass is 16.2. The summed E-state index contributed by atoms with van der Waals surface area (Å²) in [6.07, 6.45) is 18.2. The quantitative estimate of drug-likeness (QED) is 0.0981. The average Bonchev–Trinajstić information content (AvgIpc) is 0.742. The maximum absolute atomic E-state index is 11.0. The summed E-state index contributed by atoms with van der Waals surface area (Å²) in [5.74, 6) is 1.40. The number of piperidine rings is 1. The van der Waals surface area contributed by atoms with Crippen LogP contribution in [0.2, 0.25) is 0 Å². The zero-order chi connectivity index (χ0) is 75.2. The zero-order valence-corrected chi connectivity index (χ0v) is 69.6. The van der Waals surface area contributed by atoms with Crippen molar-refractivity contribution >= 4 is 17.6 Å². The molecule has 13 aliphatic rings. The van der Waals surface area contributed by atoms with E-state index >= 15 is 0 Å². The lowest BCUT2D eigenvalue weighted by atomic mass is 9.34. The molecule has 8 saturated heterocycles. The molecule has 5 aliphatic carbocycles. The molecule has 8 aliphatic heterocycles. The van der Waals surface area contributed by atoms with Crippen LogP contribution in [0, 0.1) is 33.0 Å². The Bertz CT molecular complexity index is 2670. The Morgan fingerprint density at radius 3 is 1.40 bits per heavy atom. The van der Waals surface area contributed by atoms with Gasteiger partial charge in [0.1, 0.15) is 5.78 Å². The van der Waals surface area contributed by atoms with Crippen molar-refractivity contribution in [3.63, 3.8) is 0 Å². The number of likely N-dealkylation sites (tertiary alicyclic amines) is 7. The van der Waals surface area contributed by atoms with Crippen LogP contribution in [0.5, 0.6) is 0 Å². The first-order chi connectivity index (χ1) is 45.8. The molecule has 6 N–H and O–H groups in total. The maximum atomic E-state index is 11.0. The lowest BCUT2D eigenvalue weighted by Crippen LogP contribution is -2.74. The molecule has 13 fully saturated rings. The summed E-state index contributed by atoms with van der Waals surface area (Å²) in [7, 11) is 0. The SMILES string of the molecule is C=C(C)N1CC(CNC(C)(C)C)C1.C=C(C)N1CC2(C1)CN(C(C)(C)C)C2.C=C(C)N1CC2(CC(NC(C)(C)C)C2)C1.C=C1CCC2(CCN(C(C)(C)C)CC2)N1.CC(=O)CC12CC(CNC(C)C)(C1)C2.CC(=O)NC1CC2(C1)CN(C(C)C)C2.CC(=O)NC1CCCN(C(C)(C)C)CC1. The number of nitrogens with one attached hydrogen (secondary N) is 6. The number of amides is 2. The van der Waals surface area contributed by atoms with Crippen molar-refractivity contribution in [1.82, 2.24) is 66.2 Å². The van der Waals surface area contributed by atoms with Crippen molar-refractivity contribution in [2.45, 2.75) is 333 Å². The van der Waals surface area contributed by atoms with Crippen molar-refractivity contribution in [3.05, 3.63) is 49.1 Å². The number of hydrogen-bond donors (Lipinski definition) is 6. The topological polar surface area (TPSA) is 146 Å². The number of allylic oxidation sites excluding steroid dienone is 4. The number of hydrogen-bond acceptors (Lipinski definition) is 14. The molecule has 0 aromatic carbocycles. The summed E-state index contributed by atoms with van der Waals surface area (Å²) in [6.45, 7) is 89.3. The van der Waals surface area contributed by atoms with Crippen molar-refractivity contribution in [1.29, 1.82) is 0 Å². The molecule has 2 amide bonds. The van der Waals surface area contributed by atoms with Gasteiger partial charge in [0.25, 0.3) is 0 Å². The highest BCUT2D eigenvalue weighted by Crippen LogP contribution is 2.74.